The lowest BCUT2D eigenvalue weighted by molar-refractivity contribution is -0.147. The van der Waals surface area contributed by atoms with E-state index in [9.17, 15) is 9.59 Å². The fourth-order valence-electron chi connectivity index (χ4n) is 5.92. The molecule has 1 aliphatic carbocycles. The minimum Gasteiger partial charge on any atom is -0.358 e. The molecule has 0 saturated carbocycles. The lowest BCUT2D eigenvalue weighted by Crippen LogP contribution is -2.62. The van der Waals surface area contributed by atoms with Crippen molar-refractivity contribution in [2.45, 2.75) is 76.8 Å². The van der Waals surface area contributed by atoms with Gasteiger partial charge in [0.1, 0.15) is 5.54 Å². The second kappa shape index (κ2) is 6.89. The second-order valence-electron chi connectivity index (χ2n) is 9.31. The Labute approximate surface area is 172 Å². The van der Waals surface area contributed by atoms with Gasteiger partial charge >= 0.3 is 0 Å². The van der Waals surface area contributed by atoms with Crippen molar-refractivity contribution in [3.63, 3.8) is 0 Å². The minimum atomic E-state index is -0.645. The first-order chi connectivity index (χ1) is 14.0. The van der Waals surface area contributed by atoms with Crippen LogP contribution < -0.4 is 0 Å². The maximum absolute atomic E-state index is 13.8. The Bertz CT molecular complexity index is 976. The SMILES string of the molecule is CC(C)N1CCCC2(CCCN2C(=O)c2cccc3c4c([nH]c23)CCCC4)C1=O. The first-order valence-electron chi connectivity index (χ1n) is 11.3. The fourth-order valence-corrected chi connectivity index (χ4v) is 5.92. The molecule has 1 unspecified atom stereocenters. The Kier molecular flexibility index (Phi) is 4.45. The third-order valence-electron chi connectivity index (χ3n) is 7.37. The van der Waals surface area contributed by atoms with Crippen LogP contribution in [0.2, 0.25) is 0 Å². The first-order valence-corrected chi connectivity index (χ1v) is 11.3. The molecule has 1 atom stereocenters. The van der Waals surface area contributed by atoms with Gasteiger partial charge in [-0.25, -0.2) is 0 Å². The van der Waals surface area contributed by atoms with Gasteiger partial charge in [0.05, 0.1) is 11.1 Å². The number of aromatic amines is 1. The topological polar surface area (TPSA) is 56.4 Å². The number of amides is 2. The molecule has 2 fully saturated rings. The van der Waals surface area contributed by atoms with Crippen molar-refractivity contribution in [3.8, 4) is 0 Å². The van der Waals surface area contributed by atoms with Crippen molar-refractivity contribution in [2.75, 3.05) is 13.1 Å². The highest BCUT2D eigenvalue weighted by molar-refractivity contribution is 6.09. The number of carbonyl (C=O) groups excluding carboxylic acids is 2. The van der Waals surface area contributed by atoms with Crippen LogP contribution in [0.4, 0.5) is 0 Å². The molecule has 5 heteroatoms. The van der Waals surface area contributed by atoms with Crippen LogP contribution in [0, 0.1) is 0 Å². The summed E-state index contributed by atoms with van der Waals surface area (Å²) < 4.78 is 0. The van der Waals surface area contributed by atoms with Crippen molar-refractivity contribution in [3.05, 3.63) is 35.0 Å². The van der Waals surface area contributed by atoms with Gasteiger partial charge in [-0.1, -0.05) is 12.1 Å². The van der Waals surface area contributed by atoms with E-state index in [2.05, 4.69) is 24.9 Å². The van der Waals surface area contributed by atoms with Gasteiger partial charge in [-0.3, -0.25) is 9.59 Å². The molecule has 29 heavy (non-hydrogen) atoms. The summed E-state index contributed by atoms with van der Waals surface area (Å²) in [6, 6.07) is 6.26. The molecule has 1 N–H and O–H groups in total. The van der Waals surface area contributed by atoms with Crippen LogP contribution in [0.1, 0.15) is 74.0 Å². The number of H-pyrrole nitrogens is 1. The molecule has 0 radical (unpaired) electrons. The number of fused-ring (bicyclic) bond motifs is 3. The summed E-state index contributed by atoms with van der Waals surface area (Å²) in [5.74, 6) is 0.174. The number of likely N-dealkylation sites (tertiary alicyclic amines) is 2. The van der Waals surface area contributed by atoms with Gasteiger partial charge in [0.15, 0.2) is 0 Å². The Hall–Kier alpha value is -2.30. The van der Waals surface area contributed by atoms with E-state index in [0.717, 1.165) is 56.1 Å². The standard InChI is InChI=1S/C24H31N3O2/c1-16(2)26-14-6-12-24(23(26)29)13-7-15-27(24)22(28)19-10-5-9-18-17-8-3-4-11-20(17)25-21(18)19/h5,9-10,16,25H,3-4,6-8,11-15H2,1-2H3. The number of aromatic nitrogens is 1. The number of nitrogens with zero attached hydrogens (tertiary/aromatic N) is 2. The number of carbonyl (C=O) groups is 2. The van der Waals surface area contributed by atoms with Crippen molar-refractivity contribution >= 4 is 22.7 Å². The quantitative estimate of drug-likeness (QED) is 0.837. The number of rotatable bonds is 2. The Balaban J connectivity index is 1.55. The van der Waals surface area contributed by atoms with Crippen LogP contribution in [0.5, 0.6) is 0 Å². The van der Waals surface area contributed by atoms with E-state index in [1.54, 1.807) is 0 Å². The summed E-state index contributed by atoms with van der Waals surface area (Å²) in [6.07, 6.45) is 8.02. The molecule has 1 aromatic heterocycles. The number of benzene rings is 1. The summed E-state index contributed by atoms with van der Waals surface area (Å²) in [7, 11) is 0. The maximum Gasteiger partial charge on any atom is 0.256 e. The molecule has 1 spiro atoms. The maximum atomic E-state index is 13.8. The summed E-state index contributed by atoms with van der Waals surface area (Å²) in [5.41, 5.74) is 3.73. The average molecular weight is 394 g/mol. The van der Waals surface area contributed by atoms with Gasteiger partial charge in [0, 0.05) is 30.2 Å². The highest BCUT2D eigenvalue weighted by Crippen LogP contribution is 2.40. The van der Waals surface area contributed by atoms with Gasteiger partial charge < -0.3 is 14.8 Å². The zero-order valence-corrected chi connectivity index (χ0v) is 17.6. The molecule has 2 aromatic rings. The molecular formula is C24H31N3O2. The highest BCUT2D eigenvalue weighted by Gasteiger charge is 2.53. The molecular weight excluding hydrogens is 362 g/mol. The van der Waals surface area contributed by atoms with E-state index in [4.69, 9.17) is 0 Å². The average Bonchev–Trinajstić information content (AvgIpc) is 3.31. The summed E-state index contributed by atoms with van der Waals surface area (Å²) in [4.78, 5) is 34.8. The first kappa shape index (κ1) is 18.7. The third kappa shape index (κ3) is 2.73. The molecule has 3 heterocycles. The van der Waals surface area contributed by atoms with E-state index in [1.807, 2.05) is 21.9 Å². The molecule has 5 nitrogen and oxygen atoms in total. The third-order valence-corrected chi connectivity index (χ3v) is 7.37. The number of hydrogen-bond donors (Lipinski definition) is 1. The second-order valence-corrected chi connectivity index (χ2v) is 9.31. The molecule has 154 valence electrons. The van der Waals surface area contributed by atoms with Crippen LogP contribution in [-0.4, -0.2) is 51.3 Å². The van der Waals surface area contributed by atoms with Crippen molar-refractivity contribution in [1.82, 2.24) is 14.8 Å². The van der Waals surface area contributed by atoms with Crippen LogP contribution in [0.25, 0.3) is 10.9 Å². The summed E-state index contributed by atoms with van der Waals surface area (Å²) in [5, 5.41) is 1.19. The molecule has 3 aliphatic rings. The number of para-hydroxylation sites is 1. The zero-order chi connectivity index (χ0) is 20.2. The van der Waals surface area contributed by atoms with E-state index >= 15 is 0 Å². The Morgan fingerprint density at radius 2 is 1.83 bits per heavy atom. The molecule has 0 bridgehead atoms. The number of nitrogens with one attached hydrogen (secondary N) is 1. The molecule has 2 amide bonds. The van der Waals surface area contributed by atoms with Gasteiger partial charge in [-0.15, -0.1) is 0 Å². The van der Waals surface area contributed by atoms with Crippen LogP contribution in [0.15, 0.2) is 18.2 Å². The Morgan fingerprint density at radius 3 is 2.62 bits per heavy atom. The molecule has 1 aromatic carbocycles. The van der Waals surface area contributed by atoms with E-state index < -0.39 is 5.54 Å². The van der Waals surface area contributed by atoms with Crippen molar-refractivity contribution < 1.29 is 9.59 Å². The molecule has 2 aliphatic heterocycles. The van der Waals surface area contributed by atoms with E-state index in [1.165, 1.54) is 29.5 Å². The minimum absolute atomic E-state index is 0.0191. The number of hydrogen-bond acceptors (Lipinski definition) is 2. The zero-order valence-electron chi connectivity index (χ0n) is 17.6. The van der Waals surface area contributed by atoms with Crippen LogP contribution >= 0.6 is 0 Å². The van der Waals surface area contributed by atoms with Crippen molar-refractivity contribution in [2.24, 2.45) is 0 Å². The van der Waals surface area contributed by atoms with Gasteiger partial charge in [-0.2, -0.15) is 0 Å². The lowest BCUT2D eigenvalue weighted by Gasteiger charge is -2.46. The van der Waals surface area contributed by atoms with Crippen LogP contribution in [0.3, 0.4) is 0 Å². The van der Waals surface area contributed by atoms with Gasteiger partial charge in [0.25, 0.3) is 5.91 Å². The highest BCUT2D eigenvalue weighted by atomic mass is 16.2. The van der Waals surface area contributed by atoms with E-state index in [-0.39, 0.29) is 17.9 Å². The normalized spacial score (nSPS) is 24.7. The number of piperidine rings is 1. The Morgan fingerprint density at radius 1 is 1.07 bits per heavy atom. The lowest BCUT2D eigenvalue weighted by atomic mass is 9.84. The summed E-state index contributed by atoms with van der Waals surface area (Å²) >= 11 is 0. The predicted molar refractivity (Wildman–Crippen MR) is 114 cm³/mol. The molecule has 2 saturated heterocycles. The monoisotopic (exact) mass is 393 g/mol. The van der Waals surface area contributed by atoms with Gasteiger partial charge in [-0.05, 0) is 76.8 Å². The smallest absolute Gasteiger partial charge is 0.256 e. The van der Waals surface area contributed by atoms with Crippen molar-refractivity contribution in [1.29, 1.82) is 0 Å². The van der Waals surface area contributed by atoms with E-state index in [0.29, 0.717) is 6.54 Å². The van der Waals surface area contributed by atoms with Gasteiger partial charge in [0.2, 0.25) is 5.91 Å². The fraction of sp³-hybridized carbons (Fsp3) is 0.583. The number of aryl methyl sites for hydroxylation is 2. The summed E-state index contributed by atoms with van der Waals surface area (Å²) in [6.45, 7) is 5.62. The van der Waals surface area contributed by atoms with Crippen LogP contribution in [-0.2, 0) is 17.6 Å². The largest absolute Gasteiger partial charge is 0.358 e. The molecule has 5 rings (SSSR count). The predicted octanol–water partition coefficient (Wildman–Crippen LogP) is 4.05.